The van der Waals surface area contributed by atoms with E-state index in [0.717, 1.165) is 6.42 Å². The molecule has 0 aliphatic carbocycles. The summed E-state index contributed by atoms with van der Waals surface area (Å²) in [5, 5.41) is 8.61. The van der Waals surface area contributed by atoms with Crippen LogP contribution in [0, 0.1) is 0 Å². The third-order valence-corrected chi connectivity index (χ3v) is 1.96. The van der Waals surface area contributed by atoms with Crippen LogP contribution in [0.5, 0.6) is 0 Å². The van der Waals surface area contributed by atoms with E-state index < -0.39 is 0 Å². The molecule has 1 aliphatic heterocycles. The second kappa shape index (κ2) is 3.94. The number of unbranched alkanes of at least 4 members (excludes halogenated alkanes) is 2. The Balaban J connectivity index is 1.87. The van der Waals surface area contributed by atoms with Crippen LogP contribution >= 0.6 is 0 Å². The molecule has 0 aromatic heterocycles. The fourth-order valence-electron chi connectivity index (χ4n) is 1.19. The van der Waals surface area contributed by atoms with E-state index in [-0.39, 0.29) is 12.7 Å². The predicted molar refractivity (Wildman–Crippen MR) is 39.9 cm³/mol. The van der Waals surface area contributed by atoms with Crippen LogP contribution in [0.25, 0.3) is 0 Å². The molecule has 1 saturated heterocycles. The number of aliphatic hydroxyl groups excluding tert-OH is 1. The second-order valence-electron chi connectivity index (χ2n) is 2.89. The Morgan fingerprint density at radius 1 is 1.30 bits per heavy atom. The van der Waals surface area contributed by atoms with E-state index in [1.807, 2.05) is 0 Å². The second-order valence-corrected chi connectivity index (χ2v) is 2.89. The quantitative estimate of drug-likeness (QED) is 0.466. The first kappa shape index (κ1) is 8.02. The van der Waals surface area contributed by atoms with Crippen molar-refractivity contribution in [3.63, 3.8) is 0 Å². The van der Waals surface area contributed by atoms with Crippen LogP contribution in [0.1, 0.15) is 32.6 Å². The van der Waals surface area contributed by atoms with E-state index >= 15 is 0 Å². The van der Waals surface area contributed by atoms with Crippen molar-refractivity contribution >= 4 is 0 Å². The summed E-state index contributed by atoms with van der Waals surface area (Å²) in [6.45, 7) is 2.40. The molecule has 0 spiro atoms. The molecule has 1 rings (SSSR count). The molecule has 1 N–H and O–H groups in total. The highest BCUT2D eigenvalue weighted by atomic mass is 16.6. The number of rotatable bonds is 5. The van der Waals surface area contributed by atoms with Crippen LogP contribution < -0.4 is 0 Å². The van der Waals surface area contributed by atoms with E-state index in [2.05, 4.69) is 6.92 Å². The van der Waals surface area contributed by atoms with Crippen molar-refractivity contribution in [1.82, 2.24) is 0 Å². The van der Waals surface area contributed by atoms with Crippen molar-refractivity contribution in [2.45, 2.75) is 44.8 Å². The summed E-state index contributed by atoms with van der Waals surface area (Å²) in [5.41, 5.74) is 0. The van der Waals surface area contributed by atoms with Crippen molar-refractivity contribution in [3.05, 3.63) is 0 Å². The van der Waals surface area contributed by atoms with Crippen LogP contribution in [-0.2, 0) is 4.74 Å². The van der Waals surface area contributed by atoms with Gasteiger partial charge >= 0.3 is 0 Å². The van der Waals surface area contributed by atoms with Gasteiger partial charge in [0, 0.05) is 0 Å². The normalized spacial score (nSPS) is 30.6. The molecular formula is C8H16O2. The summed E-state index contributed by atoms with van der Waals surface area (Å²) in [6.07, 6.45) is 5.50. The molecule has 1 heterocycles. The van der Waals surface area contributed by atoms with Crippen molar-refractivity contribution in [1.29, 1.82) is 0 Å². The van der Waals surface area contributed by atoms with Gasteiger partial charge in [-0.15, -0.1) is 0 Å². The standard InChI is InChI=1S/C8H16O2/c1-2-3-4-5-7-8(6-9)10-7/h7-9H,2-6H2,1H3/t7-,8+/m0/s1. The number of ether oxygens (including phenoxy) is 1. The van der Waals surface area contributed by atoms with Gasteiger partial charge < -0.3 is 9.84 Å². The van der Waals surface area contributed by atoms with E-state index in [9.17, 15) is 0 Å². The Kier molecular flexibility index (Phi) is 3.16. The molecule has 1 fully saturated rings. The minimum absolute atomic E-state index is 0.178. The van der Waals surface area contributed by atoms with Gasteiger partial charge in [0.25, 0.3) is 0 Å². The lowest BCUT2D eigenvalue weighted by Crippen LogP contribution is -1.98. The molecule has 60 valence electrons. The van der Waals surface area contributed by atoms with Gasteiger partial charge in [-0.2, -0.15) is 0 Å². The summed E-state index contributed by atoms with van der Waals surface area (Å²) in [4.78, 5) is 0. The van der Waals surface area contributed by atoms with Crippen LogP contribution in [0.3, 0.4) is 0 Å². The summed E-state index contributed by atoms with van der Waals surface area (Å²) in [7, 11) is 0. The van der Waals surface area contributed by atoms with Crippen LogP contribution in [0.4, 0.5) is 0 Å². The lowest BCUT2D eigenvalue weighted by Gasteiger charge is -1.92. The summed E-state index contributed by atoms with van der Waals surface area (Å²) in [5.74, 6) is 0. The molecule has 0 amide bonds. The highest BCUT2D eigenvalue weighted by Crippen LogP contribution is 2.26. The number of epoxide rings is 1. The molecule has 2 heteroatoms. The molecule has 10 heavy (non-hydrogen) atoms. The molecule has 0 radical (unpaired) electrons. The van der Waals surface area contributed by atoms with Crippen LogP contribution in [-0.4, -0.2) is 23.9 Å². The fourth-order valence-corrected chi connectivity index (χ4v) is 1.19. The van der Waals surface area contributed by atoms with Crippen LogP contribution in [0.15, 0.2) is 0 Å². The maximum absolute atomic E-state index is 8.61. The van der Waals surface area contributed by atoms with E-state index in [1.165, 1.54) is 19.3 Å². The largest absolute Gasteiger partial charge is 0.394 e. The first-order valence-corrected chi connectivity index (χ1v) is 4.14. The molecule has 0 aromatic rings. The molecule has 2 atom stereocenters. The van der Waals surface area contributed by atoms with Gasteiger partial charge in [0.1, 0.15) is 6.10 Å². The van der Waals surface area contributed by atoms with Gasteiger partial charge in [0.2, 0.25) is 0 Å². The molecule has 0 bridgehead atoms. The van der Waals surface area contributed by atoms with Gasteiger partial charge in [-0.3, -0.25) is 0 Å². The number of hydrogen-bond acceptors (Lipinski definition) is 2. The Bertz CT molecular complexity index is 93.3. The SMILES string of the molecule is CCCCC[C@@H]1O[C@@H]1CO. The topological polar surface area (TPSA) is 32.8 Å². The molecular weight excluding hydrogens is 128 g/mol. The maximum atomic E-state index is 8.61. The Morgan fingerprint density at radius 3 is 2.60 bits per heavy atom. The third kappa shape index (κ3) is 2.27. The minimum Gasteiger partial charge on any atom is -0.394 e. The zero-order valence-corrected chi connectivity index (χ0v) is 6.55. The number of hydrogen-bond donors (Lipinski definition) is 1. The Labute approximate surface area is 62.2 Å². The van der Waals surface area contributed by atoms with E-state index in [0.29, 0.717) is 6.10 Å². The van der Waals surface area contributed by atoms with Crippen molar-refractivity contribution < 1.29 is 9.84 Å². The predicted octanol–water partition coefficient (Wildman–Crippen LogP) is 1.33. The monoisotopic (exact) mass is 144 g/mol. The lowest BCUT2D eigenvalue weighted by atomic mass is 10.1. The molecule has 0 saturated carbocycles. The van der Waals surface area contributed by atoms with Crippen LogP contribution in [0.2, 0.25) is 0 Å². The van der Waals surface area contributed by atoms with E-state index in [1.54, 1.807) is 0 Å². The van der Waals surface area contributed by atoms with Gasteiger partial charge in [0.15, 0.2) is 0 Å². The molecule has 0 unspecified atom stereocenters. The van der Waals surface area contributed by atoms with Crippen molar-refractivity contribution in [2.24, 2.45) is 0 Å². The van der Waals surface area contributed by atoms with Crippen molar-refractivity contribution in [2.75, 3.05) is 6.61 Å². The average Bonchev–Trinajstić information content (AvgIpc) is 2.68. The summed E-state index contributed by atoms with van der Waals surface area (Å²) >= 11 is 0. The first-order valence-electron chi connectivity index (χ1n) is 4.14. The first-order chi connectivity index (χ1) is 4.88. The zero-order chi connectivity index (χ0) is 7.40. The van der Waals surface area contributed by atoms with Gasteiger partial charge in [-0.1, -0.05) is 26.2 Å². The third-order valence-electron chi connectivity index (χ3n) is 1.96. The molecule has 2 nitrogen and oxygen atoms in total. The molecule has 1 aliphatic rings. The lowest BCUT2D eigenvalue weighted by molar-refractivity contribution is 0.241. The smallest absolute Gasteiger partial charge is 0.107 e. The molecule has 0 aromatic carbocycles. The minimum atomic E-state index is 0.178. The van der Waals surface area contributed by atoms with Gasteiger partial charge in [-0.05, 0) is 6.42 Å². The Morgan fingerprint density at radius 2 is 2.10 bits per heavy atom. The Hall–Kier alpha value is -0.0800. The highest BCUT2D eigenvalue weighted by Gasteiger charge is 2.36. The summed E-state index contributed by atoms with van der Waals surface area (Å²) < 4.78 is 5.16. The van der Waals surface area contributed by atoms with E-state index in [4.69, 9.17) is 9.84 Å². The zero-order valence-electron chi connectivity index (χ0n) is 6.55. The van der Waals surface area contributed by atoms with Gasteiger partial charge in [0.05, 0.1) is 12.7 Å². The van der Waals surface area contributed by atoms with Crippen molar-refractivity contribution in [3.8, 4) is 0 Å². The highest BCUT2D eigenvalue weighted by molar-refractivity contribution is 4.83. The maximum Gasteiger partial charge on any atom is 0.107 e. The number of aliphatic hydroxyl groups is 1. The summed E-state index contributed by atoms with van der Waals surface area (Å²) in [6, 6.07) is 0. The fraction of sp³-hybridized carbons (Fsp3) is 1.00. The average molecular weight is 144 g/mol. The van der Waals surface area contributed by atoms with Gasteiger partial charge in [-0.25, -0.2) is 0 Å².